The topological polar surface area (TPSA) is 100 Å². The van der Waals surface area contributed by atoms with E-state index in [9.17, 15) is 9.59 Å². The molecule has 0 unspecified atom stereocenters. The van der Waals surface area contributed by atoms with E-state index in [4.69, 9.17) is 10.5 Å². The zero-order chi connectivity index (χ0) is 25.5. The van der Waals surface area contributed by atoms with Crippen LogP contribution >= 0.6 is 12.4 Å². The van der Waals surface area contributed by atoms with E-state index in [-0.39, 0.29) is 29.6 Å². The van der Waals surface area contributed by atoms with Crippen molar-refractivity contribution >= 4 is 35.1 Å². The van der Waals surface area contributed by atoms with Gasteiger partial charge >= 0.3 is 0 Å². The van der Waals surface area contributed by atoms with E-state index < -0.39 is 11.6 Å². The lowest BCUT2D eigenvalue weighted by atomic mass is 9.73. The van der Waals surface area contributed by atoms with Crippen LogP contribution in [0.4, 0.5) is 0 Å². The van der Waals surface area contributed by atoms with Crippen LogP contribution in [-0.2, 0) is 27.8 Å². The fraction of sp³-hybridized carbons (Fsp3) is 0.448. The summed E-state index contributed by atoms with van der Waals surface area (Å²) in [5, 5.41) is 3.94. The molecule has 1 fully saturated rings. The molecule has 1 aliphatic heterocycles. The smallest absolute Gasteiger partial charge is 0.245 e. The standard InChI is InChI=1S/C29H36N4O3.ClH/c1-28(2,30)27(35)32-25(16-20-18-31-24-9-8-21(36-3)17-22(20)24)26(34)33-14-12-29(13-15-33)11-10-19-6-4-5-7-23(19)29;/h4-9,17-18,25,31H,10-16,30H2,1-3H3,(H,32,35);1H/t25-;/m1./s1. The number of fused-ring (bicyclic) bond motifs is 3. The molecule has 3 aromatic rings. The summed E-state index contributed by atoms with van der Waals surface area (Å²) in [6.07, 6.45) is 6.43. The Bertz CT molecular complexity index is 1290. The van der Waals surface area contributed by atoms with E-state index in [1.807, 2.05) is 29.3 Å². The van der Waals surface area contributed by atoms with Gasteiger partial charge in [0, 0.05) is 36.6 Å². The normalized spacial score (nSPS) is 17.2. The number of benzene rings is 2. The summed E-state index contributed by atoms with van der Waals surface area (Å²) in [6.45, 7) is 4.69. The molecule has 2 aliphatic rings. The van der Waals surface area contributed by atoms with Crippen molar-refractivity contribution in [2.24, 2.45) is 5.73 Å². The minimum atomic E-state index is -1.08. The summed E-state index contributed by atoms with van der Waals surface area (Å²) in [7, 11) is 1.63. The number of methoxy groups -OCH3 is 1. The number of amides is 2. The summed E-state index contributed by atoms with van der Waals surface area (Å²) in [5.74, 6) is 0.360. The van der Waals surface area contributed by atoms with Crippen molar-refractivity contribution in [3.8, 4) is 5.75 Å². The zero-order valence-electron chi connectivity index (χ0n) is 21.8. The molecule has 2 amide bonds. The summed E-state index contributed by atoms with van der Waals surface area (Å²) in [6, 6.07) is 13.8. The molecule has 5 rings (SSSR count). The first-order valence-electron chi connectivity index (χ1n) is 12.8. The van der Waals surface area contributed by atoms with Crippen molar-refractivity contribution in [1.29, 1.82) is 0 Å². The number of hydrogen-bond donors (Lipinski definition) is 3. The summed E-state index contributed by atoms with van der Waals surface area (Å²) < 4.78 is 5.40. The number of aromatic amines is 1. The molecular formula is C29H37ClN4O3. The number of aromatic nitrogens is 1. The predicted molar refractivity (Wildman–Crippen MR) is 148 cm³/mol. The van der Waals surface area contributed by atoms with Gasteiger partial charge < -0.3 is 25.7 Å². The molecule has 0 saturated carbocycles. The van der Waals surface area contributed by atoms with Gasteiger partial charge in [-0.3, -0.25) is 9.59 Å². The molecular weight excluding hydrogens is 488 g/mol. The number of halogens is 1. The minimum absolute atomic E-state index is 0. The first kappa shape index (κ1) is 27.0. The van der Waals surface area contributed by atoms with Crippen LogP contribution in [0.2, 0.25) is 0 Å². The molecule has 2 heterocycles. The number of rotatable bonds is 6. The van der Waals surface area contributed by atoms with Gasteiger partial charge in [-0.1, -0.05) is 24.3 Å². The Morgan fingerprint density at radius 2 is 1.89 bits per heavy atom. The van der Waals surface area contributed by atoms with Crippen molar-refractivity contribution in [2.45, 2.75) is 62.9 Å². The average molecular weight is 525 g/mol. The second-order valence-corrected chi connectivity index (χ2v) is 10.9. The summed E-state index contributed by atoms with van der Waals surface area (Å²) in [4.78, 5) is 31.9. The largest absolute Gasteiger partial charge is 0.497 e. The first-order valence-corrected chi connectivity index (χ1v) is 12.8. The maximum absolute atomic E-state index is 13.8. The number of carbonyl (C=O) groups excluding carboxylic acids is 2. The van der Waals surface area contributed by atoms with E-state index in [2.05, 4.69) is 34.6 Å². The van der Waals surface area contributed by atoms with Crippen molar-refractivity contribution in [3.63, 3.8) is 0 Å². The second-order valence-electron chi connectivity index (χ2n) is 10.9. The molecule has 8 heteroatoms. The lowest BCUT2D eigenvalue weighted by molar-refractivity contribution is -0.138. The van der Waals surface area contributed by atoms with E-state index >= 15 is 0 Å². The molecule has 1 aliphatic carbocycles. The highest BCUT2D eigenvalue weighted by molar-refractivity contribution is 5.92. The van der Waals surface area contributed by atoms with Crippen LogP contribution in [0.15, 0.2) is 48.7 Å². The Labute approximate surface area is 224 Å². The molecule has 0 radical (unpaired) electrons. The Morgan fingerprint density at radius 1 is 1.16 bits per heavy atom. The van der Waals surface area contributed by atoms with Crippen LogP contribution in [0.25, 0.3) is 10.9 Å². The molecule has 1 atom stereocenters. The average Bonchev–Trinajstić information content (AvgIpc) is 3.44. The Kier molecular flexibility index (Phi) is 7.58. The number of nitrogens with zero attached hydrogens (tertiary/aromatic N) is 1. The van der Waals surface area contributed by atoms with Crippen LogP contribution in [0.1, 0.15) is 49.8 Å². The number of ether oxygens (including phenoxy) is 1. The molecule has 0 bridgehead atoms. The Morgan fingerprint density at radius 3 is 2.59 bits per heavy atom. The van der Waals surface area contributed by atoms with Crippen molar-refractivity contribution < 1.29 is 14.3 Å². The highest BCUT2D eigenvalue weighted by atomic mass is 35.5. The fourth-order valence-electron chi connectivity index (χ4n) is 5.88. The van der Waals surface area contributed by atoms with Crippen molar-refractivity contribution in [2.75, 3.05) is 20.2 Å². The fourth-order valence-corrected chi connectivity index (χ4v) is 5.88. The molecule has 2 aromatic carbocycles. The third kappa shape index (κ3) is 5.20. The Balaban J connectivity index is 0.00000320. The molecule has 4 N–H and O–H groups in total. The van der Waals surface area contributed by atoms with E-state index in [0.29, 0.717) is 19.5 Å². The molecule has 1 saturated heterocycles. The number of hydrogen-bond acceptors (Lipinski definition) is 4. The molecule has 7 nitrogen and oxygen atoms in total. The number of nitrogens with one attached hydrogen (secondary N) is 2. The highest BCUT2D eigenvalue weighted by Gasteiger charge is 2.42. The van der Waals surface area contributed by atoms with Crippen molar-refractivity contribution in [1.82, 2.24) is 15.2 Å². The maximum atomic E-state index is 13.8. The molecule has 1 aromatic heterocycles. The molecule has 1 spiro atoms. The lowest BCUT2D eigenvalue weighted by Gasteiger charge is -2.41. The van der Waals surface area contributed by atoms with Gasteiger partial charge in [-0.25, -0.2) is 0 Å². The monoisotopic (exact) mass is 524 g/mol. The van der Waals surface area contributed by atoms with E-state index in [1.165, 1.54) is 11.1 Å². The maximum Gasteiger partial charge on any atom is 0.245 e. The molecule has 198 valence electrons. The van der Waals surface area contributed by atoms with E-state index in [0.717, 1.165) is 47.9 Å². The minimum Gasteiger partial charge on any atom is -0.497 e. The van der Waals surface area contributed by atoms with Gasteiger partial charge in [-0.2, -0.15) is 0 Å². The van der Waals surface area contributed by atoms with Gasteiger partial charge in [-0.05, 0) is 79.8 Å². The highest BCUT2D eigenvalue weighted by Crippen LogP contribution is 2.46. The van der Waals surface area contributed by atoms with Crippen LogP contribution < -0.4 is 15.8 Å². The number of piperidine rings is 1. The van der Waals surface area contributed by atoms with Crippen molar-refractivity contribution in [3.05, 3.63) is 65.4 Å². The predicted octanol–water partition coefficient (Wildman–Crippen LogP) is 3.87. The van der Waals surface area contributed by atoms with Gasteiger partial charge in [0.25, 0.3) is 0 Å². The van der Waals surface area contributed by atoms with Gasteiger partial charge in [0.05, 0.1) is 12.6 Å². The van der Waals surface area contributed by atoms with Gasteiger partial charge in [-0.15, -0.1) is 12.4 Å². The number of nitrogens with two attached hydrogens (primary N) is 1. The summed E-state index contributed by atoms with van der Waals surface area (Å²) in [5.41, 5.74) is 9.97. The van der Waals surface area contributed by atoms with E-state index in [1.54, 1.807) is 21.0 Å². The molecule has 37 heavy (non-hydrogen) atoms. The first-order chi connectivity index (χ1) is 17.2. The quantitative estimate of drug-likeness (QED) is 0.455. The third-order valence-corrected chi connectivity index (χ3v) is 8.08. The number of likely N-dealkylation sites (tertiary alicyclic amines) is 1. The third-order valence-electron chi connectivity index (χ3n) is 8.08. The second kappa shape index (κ2) is 10.4. The van der Waals surface area contributed by atoms with Crippen LogP contribution in [0.5, 0.6) is 5.75 Å². The summed E-state index contributed by atoms with van der Waals surface area (Å²) >= 11 is 0. The number of H-pyrrole nitrogens is 1. The van der Waals surface area contributed by atoms with Crippen LogP contribution in [0.3, 0.4) is 0 Å². The SMILES string of the molecule is COc1ccc2[nH]cc(C[C@@H](NC(=O)C(C)(C)N)C(=O)N3CCC4(CCc5ccccc54)CC3)c2c1.Cl. The number of carbonyl (C=O) groups is 2. The Hall–Kier alpha value is -3.03. The zero-order valence-corrected chi connectivity index (χ0v) is 22.6. The number of aryl methyl sites for hydroxylation is 1. The van der Waals surface area contributed by atoms with Gasteiger partial charge in [0.2, 0.25) is 11.8 Å². The van der Waals surface area contributed by atoms with Gasteiger partial charge in [0.15, 0.2) is 0 Å². The lowest BCUT2D eigenvalue weighted by Crippen LogP contribution is -2.58. The van der Waals surface area contributed by atoms with Crippen LogP contribution in [-0.4, -0.2) is 53.5 Å². The van der Waals surface area contributed by atoms with Crippen LogP contribution in [0, 0.1) is 0 Å². The van der Waals surface area contributed by atoms with Gasteiger partial charge in [0.1, 0.15) is 11.8 Å².